The maximum atomic E-state index is 12.7. The zero-order valence-electron chi connectivity index (χ0n) is 34.7. The van der Waals surface area contributed by atoms with Gasteiger partial charge in [0.15, 0.2) is 26.4 Å². The van der Waals surface area contributed by atoms with Gasteiger partial charge in [-0.15, -0.1) is 0 Å². The van der Waals surface area contributed by atoms with Crippen LogP contribution in [0.3, 0.4) is 0 Å². The zero-order valence-corrected chi connectivity index (χ0v) is 34.7. The molecule has 328 valence electrons. The molecule has 0 aliphatic heterocycles. The van der Waals surface area contributed by atoms with Gasteiger partial charge in [0.05, 0.1) is 36.3 Å². The van der Waals surface area contributed by atoms with Crippen LogP contribution in [0.4, 0.5) is 11.4 Å². The van der Waals surface area contributed by atoms with Crippen molar-refractivity contribution >= 4 is 35.3 Å². The van der Waals surface area contributed by atoms with Crippen molar-refractivity contribution < 1.29 is 66.9 Å². The Morgan fingerprint density at radius 1 is 0.435 bits per heavy atom. The molecular weight excluding hydrogens is 812 g/mol. The molecule has 1 aliphatic carbocycles. The molecule has 0 atom stereocenters. The maximum Gasteiger partial charge on any atom is 0.344 e. The minimum atomic E-state index is -0.693. The van der Waals surface area contributed by atoms with Crippen LogP contribution in [0.1, 0.15) is 72.2 Å². The Labute approximate surface area is 356 Å². The van der Waals surface area contributed by atoms with E-state index in [-0.39, 0.29) is 109 Å². The molecule has 0 saturated carbocycles. The Kier molecular flexibility index (Phi) is 16.2. The molecule has 5 rings (SSSR count). The van der Waals surface area contributed by atoms with Crippen molar-refractivity contribution in [1.29, 1.82) is 0 Å². The van der Waals surface area contributed by atoms with Gasteiger partial charge in [0, 0.05) is 72.2 Å². The quantitative estimate of drug-likeness (QED) is 0.0429. The van der Waals surface area contributed by atoms with E-state index in [1.54, 1.807) is 64.1 Å². The second-order valence-electron chi connectivity index (χ2n) is 13.6. The number of carbonyl (C=O) groups excluding carboxylic acids is 4. The number of fused-ring (bicyclic) bond motifs is 8. The lowest BCUT2D eigenvalue weighted by Gasteiger charge is -2.22. The third-order valence-corrected chi connectivity index (χ3v) is 9.32. The standard InChI is InChI=1S/C44H46N2O16/c1-5-55-37(47)23-59-41-27-11-9-12-28(41)16-32-20-36(46(53)54)22-34(44(32)62-26-40(50)58-8-4)18-30-14-10-13-29(42(30)60-24-38(48)56-6-2)17-33-21-35(45(51)52)19-31(15-27)43(33)61-25-39(49)57-7-3/h9-14,19-22H,5-8,15-18,23-26H2,1-4H3. The number of esters is 4. The monoisotopic (exact) mass is 858 g/mol. The molecular formula is C44H46N2O16. The average molecular weight is 859 g/mol. The number of ether oxygens (including phenoxy) is 8. The first kappa shape index (κ1) is 45.8. The number of nitro benzene ring substituents is 2. The second kappa shape index (κ2) is 21.8. The van der Waals surface area contributed by atoms with Gasteiger partial charge >= 0.3 is 23.9 Å². The second-order valence-corrected chi connectivity index (χ2v) is 13.6. The smallest absolute Gasteiger partial charge is 0.344 e. The van der Waals surface area contributed by atoms with Crippen molar-refractivity contribution in [1.82, 2.24) is 0 Å². The Balaban J connectivity index is 1.85. The lowest BCUT2D eigenvalue weighted by molar-refractivity contribution is -0.385. The highest BCUT2D eigenvalue weighted by molar-refractivity contribution is 5.73. The van der Waals surface area contributed by atoms with Gasteiger partial charge in [0.1, 0.15) is 23.0 Å². The van der Waals surface area contributed by atoms with Crippen LogP contribution in [0.15, 0.2) is 60.7 Å². The van der Waals surface area contributed by atoms with Gasteiger partial charge in [-0.3, -0.25) is 20.2 Å². The first-order valence-corrected chi connectivity index (χ1v) is 19.8. The van der Waals surface area contributed by atoms with Crippen LogP contribution in [-0.2, 0) is 63.8 Å². The van der Waals surface area contributed by atoms with Crippen LogP contribution in [-0.4, -0.2) is 86.6 Å². The van der Waals surface area contributed by atoms with Crippen LogP contribution >= 0.6 is 0 Å². The van der Waals surface area contributed by atoms with Crippen molar-refractivity contribution in [2.24, 2.45) is 0 Å². The topological polar surface area (TPSA) is 228 Å². The molecule has 0 aromatic heterocycles. The van der Waals surface area contributed by atoms with E-state index in [2.05, 4.69) is 0 Å². The van der Waals surface area contributed by atoms with Crippen molar-refractivity contribution in [3.05, 3.63) is 125 Å². The highest BCUT2D eigenvalue weighted by atomic mass is 16.6. The minimum Gasteiger partial charge on any atom is -0.481 e. The van der Waals surface area contributed by atoms with Gasteiger partial charge in [-0.1, -0.05) is 36.4 Å². The molecule has 0 unspecified atom stereocenters. The van der Waals surface area contributed by atoms with Gasteiger partial charge < -0.3 is 37.9 Å². The van der Waals surface area contributed by atoms with Gasteiger partial charge in [0.2, 0.25) is 0 Å². The molecule has 8 bridgehead atoms. The fourth-order valence-corrected chi connectivity index (χ4v) is 6.94. The Bertz CT molecular complexity index is 2070. The maximum absolute atomic E-state index is 12.7. The normalized spacial score (nSPS) is 11.7. The van der Waals surface area contributed by atoms with E-state index >= 15 is 0 Å². The number of hydrogen-bond acceptors (Lipinski definition) is 16. The Morgan fingerprint density at radius 2 is 0.661 bits per heavy atom. The number of nitrogens with zero attached hydrogens (tertiary/aromatic N) is 2. The molecule has 0 N–H and O–H groups in total. The number of nitro groups is 2. The molecule has 0 amide bonds. The molecule has 0 saturated heterocycles. The summed E-state index contributed by atoms with van der Waals surface area (Å²) in [5.41, 5.74) is 2.04. The molecule has 0 heterocycles. The fraction of sp³-hybridized carbons (Fsp3) is 0.364. The summed E-state index contributed by atoms with van der Waals surface area (Å²) in [4.78, 5) is 74.6. The van der Waals surface area contributed by atoms with E-state index < -0.39 is 60.2 Å². The molecule has 18 nitrogen and oxygen atoms in total. The number of carbonyl (C=O) groups is 4. The van der Waals surface area contributed by atoms with Gasteiger partial charge in [-0.25, -0.2) is 19.2 Å². The molecule has 4 aromatic carbocycles. The van der Waals surface area contributed by atoms with Gasteiger partial charge in [-0.2, -0.15) is 0 Å². The van der Waals surface area contributed by atoms with Gasteiger partial charge in [0.25, 0.3) is 11.4 Å². The number of para-hydroxylation sites is 2. The molecule has 4 aromatic rings. The highest BCUT2D eigenvalue weighted by Gasteiger charge is 2.27. The third kappa shape index (κ3) is 11.9. The van der Waals surface area contributed by atoms with E-state index in [0.717, 1.165) is 0 Å². The highest BCUT2D eigenvalue weighted by Crippen LogP contribution is 2.41. The summed E-state index contributed by atoms with van der Waals surface area (Å²) in [6.07, 6.45) is -0.454. The Hall–Kier alpha value is -7.24. The SMILES string of the molecule is CCOC(=O)COc1c2cccc1Cc1cc([N+](=O)[O-])cc(c1OCC(=O)OCC)Cc1cccc(c1OCC(=O)OCC)Cc1cc([N+](=O)[O-])cc(c1OCC(=O)OCC)C2. The minimum absolute atomic E-state index is 0.0730. The summed E-state index contributed by atoms with van der Waals surface area (Å²) in [7, 11) is 0. The van der Waals surface area contributed by atoms with E-state index in [0.29, 0.717) is 22.3 Å². The van der Waals surface area contributed by atoms with Gasteiger partial charge in [-0.05, 0) is 49.9 Å². The van der Waals surface area contributed by atoms with E-state index in [9.17, 15) is 39.4 Å². The number of rotatable bonds is 18. The molecule has 0 spiro atoms. The molecule has 0 fully saturated rings. The van der Waals surface area contributed by atoms with Crippen LogP contribution in [0, 0.1) is 20.2 Å². The first-order valence-electron chi connectivity index (χ1n) is 19.8. The summed E-state index contributed by atoms with van der Waals surface area (Å²) < 4.78 is 45.1. The molecule has 18 heteroatoms. The summed E-state index contributed by atoms with van der Waals surface area (Å²) in [6.45, 7) is 4.64. The van der Waals surface area contributed by atoms with Crippen molar-refractivity contribution in [3.63, 3.8) is 0 Å². The van der Waals surface area contributed by atoms with E-state index in [1.807, 2.05) is 0 Å². The summed E-state index contributed by atoms with van der Waals surface area (Å²) in [6, 6.07) is 15.2. The van der Waals surface area contributed by atoms with E-state index in [1.165, 1.54) is 24.3 Å². The molecule has 62 heavy (non-hydrogen) atoms. The number of hydrogen-bond donors (Lipinski definition) is 0. The van der Waals surface area contributed by atoms with Crippen LogP contribution in [0.25, 0.3) is 0 Å². The fourth-order valence-electron chi connectivity index (χ4n) is 6.94. The largest absolute Gasteiger partial charge is 0.481 e. The predicted molar refractivity (Wildman–Crippen MR) is 219 cm³/mol. The Morgan fingerprint density at radius 3 is 0.871 bits per heavy atom. The first-order chi connectivity index (χ1) is 29.8. The van der Waals surface area contributed by atoms with Crippen molar-refractivity contribution in [2.45, 2.75) is 53.4 Å². The summed E-state index contributed by atoms with van der Waals surface area (Å²) in [5.74, 6) is -2.22. The summed E-state index contributed by atoms with van der Waals surface area (Å²) >= 11 is 0. The lowest BCUT2D eigenvalue weighted by atomic mass is 9.90. The van der Waals surface area contributed by atoms with E-state index in [4.69, 9.17) is 37.9 Å². The number of benzene rings is 4. The summed E-state index contributed by atoms with van der Waals surface area (Å²) in [5, 5.41) is 25.0. The van der Waals surface area contributed by atoms with Crippen LogP contribution < -0.4 is 18.9 Å². The van der Waals surface area contributed by atoms with Crippen molar-refractivity contribution in [2.75, 3.05) is 52.9 Å². The predicted octanol–water partition coefficient (Wildman–Crippen LogP) is 5.95. The molecule has 0 radical (unpaired) electrons. The van der Waals surface area contributed by atoms with Crippen LogP contribution in [0.2, 0.25) is 0 Å². The van der Waals surface area contributed by atoms with Crippen molar-refractivity contribution in [3.8, 4) is 23.0 Å². The molecule has 1 aliphatic rings. The zero-order chi connectivity index (χ0) is 44.8. The lowest BCUT2D eigenvalue weighted by Crippen LogP contribution is -2.18. The van der Waals surface area contributed by atoms with Crippen LogP contribution in [0.5, 0.6) is 23.0 Å². The third-order valence-electron chi connectivity index (χ3n) is 9.32. The number of non-ortho nitro benzene ring substituents is 2. The average Bonchev–Trinajstić information content (AvgIpc) is 3.22.